The molecule has 1 aliphatic carbocycles. The molecule has 0 spiro atoms. The molecule has 1 aromatic heterocycles. The SMILES string of the molecule is CC(C)(C)c1ccc2c(c1)Cc1c-2ccc(C(C)(C)C)c1-c1ccc(-n2c3ccccc3c3ccccc32)cc1. The minimum absolute atomic E-state index is 0.0429. The number of aromatic nitrogens is 1. The average molecular weight is 520 g/mol. The zero-order chi connectivity index (χ0) is 27.8. The van der Waals surface area contributed by atoms with Crippen LogP contribution in [0.4, 0.5) is 0 Å². The fourth-order valence-corrected chi connectivity index (χ4v) is 6.68. The molecule has 0 aliphatic heterocycles. The molecule has 1 heteroatoms. The van der Waals surface area contributed by atoms with E-state index in [-0.39, 0.29) is 10.8 Å². The molecule has 1 nitrogen and oxygen atoms in total. The quantitative estimate of drug-likeness (QED) is 0.214. The Labute approximate surface area is 238 Å². The first-order valence-corrected chi connectivity index (χ1v) is 14.5. The summed E-state index contributed by atoms with van der Waals surface area (Å²) in [5, 5.41) is 2.59. The zero-order valence-corrected chi connectivity index (χ0v) is 24.5. The van der Waals surface area contributed by atoms with E-state index in [0.29, 0.717) is 0 Å². The largest absolute Gasteiger partial charge is 0.309 e. The van der Waals surface area contributed by atoms with Crippen molar-refractivity contribution in [3.63, 3.8) is 0 Å². The number of rotatable bonds is 2. The van der Waals surface area contributed by atoms with Crippen LogP contribution in [0.15, 0.2) is 103 Å². The Bertz CT molecular complexity index is 1860. The van der Waals surface area contributed by atoms with E-state index in [2.05, 4.69) is 149 Å². The van der Waals surface area contributed by atoms with E-state index in [1.54, 1.807) is 0 Å². The highest BCUT2D eigenvalue weighted by atomic mass is 15.0. The second-order valence-corrected chi connectivity index (χ2v) is 13.5. The van der Waals surface area contributed by atoms with Gasteiger partial charge in [-0.2, -0.15) is 0 Å². The molecule has 0 saturated carbocycles. The molecule has 1 aliphatic rings. The summed E-state index contributed by atoms with van der Waals surface area (Å²) in [6, 6.07) is 38.6. The lowest BCUT2D eigenvalue weighted by Gasteiger charge is -2.26. The Balaban J connectivity index is 1.39. The minimum atomic E-state index is 0.0429. The van der Waals surface area contributed by atoms with Gasteiger partial charge in [-0.1, -0.05) is 120 Å². The van der Waals surface area contributed by atoms with Crippen LogP contribution >= 0.6 is 0 Å². The first-order valence-electron chi connectivity index (χ1n) is 14.5. The van der Waals surface area contributed by atoms with E-state index < -0.39 is 0 Å². The van der Waals surface area contributed by atoms with Crippen molar-refractivity contribution in [3.8, 4) is 27.9 Å². The summed E-state index contributed by atoms with van der Waals surface area (Å²) >= 11 is 0. The van der Waals surface area contributed by atoms with Crippen molar-refractivity contribution in [2.24, 2.45) is 0 Å². The number of hydrogen-bond acceptors (Lipinski definition) is 0. The van der Waals surface area contributed by atoms with E-state index in [0.717, 1.165) is 6.42 Å². The molecule has 0 N–H and O–H groups in total. The second kappa shape index (κ2) is 8.70. The predicted molar refractivity (Wildman–Crippen MR) is 172 cm³/mol. The lowest BCUT2D eigenvalue weighted by atomic mass is 9.79. The minimum Gasteiger partial charge on any atom is -0.309 e. The average Bonchev–Trinajstić information content (AvgIpc) is 3.47. The maximum absolute atomic E-state index is 2.45. The Morgan fingerprint density at radius 2 is 1.18 bits per heavy atom. The summed E-state index contributed by atoms with van der Waals surface area (Å²) in [5.74, 6) is 0. The van der Waals surface area contributed by atoms with Crippen LogP contribution in [0, 0.1) is 0 Å². The lowest BCUT2D eigenvalue weighted by Crippen LogP contribution is -2.14. The first-order chi connectivity index (χ1) is 19.1. The molecule has 0 amide bonds. The summed E-state index contributed by atoms with van der Waals surface area (Å²) in [4.78, 5) is 0. The van der Waals surface area contributed by atoms with Gasteiger partial charge in [0.25, 0.3) is 0 Å². The van der Waals surface area contributed by atoms with E-state index in [1.165, 1.54) is 72.0 Å². The number of fused-ring (bicyclic) bond motifs is 6. The number of hydrogen-bond donors (Lipinski definition) is 0. The van der Waals surface area contributed by atoms with E-state index in [9.17, 15) is 0 Å². The second-order valence-electron chi connectivity index (χ2n) is 13.5. The van der Waals surface area contributed by atoms with E-state index >= 15 is 0 Å². The molecule has 0 unspecified atom stereocenters. The molecule has 0 fully saturated rings. The van der Waals surface area contributed by atoms with Gasteiger partial charge in [-0.05, 0) is 86.0 Å². The maximum Gasteiger partial charge on any atom is 0.0541 e. The van der Waals surface area contributed by atoms with E-state index in [4.69, 9.17) is 0 Å². The summed E-state index contributed by atoms with van der Waals surface area (Å²) in [6.45, 7) is 13.9. The molecule has 0 radical (unpaired) electrons. The molecule has 198 valence electrons. The third kappa shape index (κ3) is 3.83. The van der Waals surface area contributed by atoms with Crippen LogP contribution in [0.3, 0.4) is 0 Å². The fraction of sp³-hybridized carbons (Fsp3) is 0.231. The third-order valence-corrected chi connectivity index (χ3v) is 8.74. The summed E-state index contributed by atoms with van der Waals surface area (Å²) in [6.07, 6.45) is 0.989. The van der Waals surface area contributed by atoms with Crippen molar-refractivity contribution in [2.75, 3.05) is 0 Å². The van der Waals surface area contributed by atoms with Crippen LogP contribution in [0.2, 0.25) is 0 Å². The third-order valence-electron chi connectivity index (χ3n) is 8.74. The maximum atomic E-state index is 2.45. The van der Waals surface area contributed by atoms with Gasteiger partial charge in [0.1, 0.15) is 0 Å². The summed E-state index contributed by atoms with van der Waals surface area (Å²) < 4.78 is 2.40. The standard InChI is InChI=1S/C39H37N/c1-38(2,3)27-17-20-29-26(23-27)24-33-30(29)21-22-34(39(4,5)6)37(33)25-15-18-28(19-16-25)40-35-13-9-7-11-31(35)32-12-8-10-14-36(32)40/h7-23H,24H2,1-6H3. The lowest BCUT2D eigenvalue weighted by molar-refractivity contribution is 0.589. The molecular formula is C39H37N. The molecule has 5 aromatic carbocycles. The van der Waals surface area contributed by atoms with Crippen molar-refractivity contribution in [2.45, 2.75) is 58.8 Å². The molecule has 6 aromatic rings. The van der Waals surface area contributed by atoms with Gasteiger partial charge in [-0.15, -0.1) is 0 Å². The van der Waals surface area contributed by atoms with Crippen molar-refractivity contribution in [3.05, 3.63) is 125 Å². The van der Waals surface area contributed by atoms with Crippen molar-refractivity contribution >= 4 is 21.8 Å². The Morgan fingerprint density at radius 1 is 0.575 bits per heavy atom. The first kappa shape index (κ1) is 24.9. The molecule has 0 atom stereocenters. The number of para-hydroxylation sites is 2. The van der Waals surface area contributed by atoms with Crippen LogP contribution in [0.5, 0.6) is 0 Å². The van der Waals surface area contributed by atoms with Crippen molar-refractivity contribution in [1.29, 1.82) is 0 Å². The van der Waals surface area contributed by atoms with Crippen molar-refractivity contribution < 1.29 is 0 Å². The molecular weight excluding hydrogens is 482 g/mol. The van der Waals surface area contributed by atoms with Gasteiger partial charge in [-0.3, -0.25) is 0 Å². The topological polar surface area (TPSA) is 4.93 Å². The molecule has 7 rings (SSSR count). The highest BCUT2D eigenvalue weighted by Gasteiger charge is 2.29. The Hall–Kier alpha value is -4.10. The molecule has 0 bridgehead atoms. The molecule has 40 heavy (non-hydrogen) atoms. The van der Waals surface area contributed by atoms with Gasteiger partial charge in [0, 0.05) is 16.5 Å². The van der Waals surface area contributed by atoms with Gasteiger partial charge in [0.05, 0.1) is 11.0 Å². The normalized spacial score (nSPS) is 13.2. The fourth-order valence-electron chi connectivity index (χ4n) is 6.68. The molecule has 0 saturated heterocycles. The Kier molecular flexibility index (Phi) is 5.42. The van der Waals surface area contributed by atoms with Gasteiger partial charge in [-0.25, -0.2) is 0 Å². The van der Waals surface area contributed by atoms with Gasteiger partial charge in [0.2, 0.25) is 0 Å². The number of benzene rings is 5. The van der Waals surface area contributed by atoms with Crippen molar-refractivity contribution in [1.82, 2.24) is 4.57 Å². The van der Waals surface area contributed by atoms with Gasteiger partial charge in [0.15, 0.2) is 0 Å². The Morgan fingerprint density at radius 3 is 1.77 bits per heavy atom. The highest BCUT2D eigenvalue weighted by Crippen LogP contribution is 2.47. The van der Waals surface area contributed by atoms with Crippen LogP contribution in [0.25, 0.3) is 49.7 Å². The van der Waals surface area contributed by atoms with E-state index in [1.807, 2.05) is 0 Å². The summed E-state index contributed by atoms with van der Waals surface area (Å²) in [5.41, 5.74) is 15.1. The van der Waals surface area contributed by atoms with Crippen LogP contribution in [0.1, 0.15) is 63.8 Å². The number of nitrogens with zero attached hydrogens (tertiary/aromatic N) is 1. The summed E-state index contributed by atoms with van der Waals surface area (Å²) in [7, 11) is 0. The monoisotopic (exact) mass is 519 g/mol. The van der Waals surface area contributed by atoms with Crippen LogP contribution in [-0.4, -0.2) is 4.57 Å². The smallest absolute Gasteiger partial charge is 0.0541 e. The zero-order valence-electron chi connectivity index (χ0n) is 24.5. The highest BCUT2D eigenvalue weighted by molar-refractivity contribution is 6.09. The van der Waals surface area contributed by atoms with Crippen LogP contribution in [-0.2, 0) is 17.3 Å². The molecule has 1 heterocycles. The van der Waals surface area contributed by atoms with Gasteiger partial charge >= 0.3 is 0 Å². The van der Waals surface area contributed by atoms with Crippen LogP contribution < -0.4 is 0 Å². The predicted octanol–water partition coefficient (Wildman–Crippen LogP) is 10.6. The van der Waals surface area contributed by atoms with Gasteiger partial charge < -0.3 is 4.57 Å².